The molecule has 0 amide bonds. The van der Waals surface area contributed by atoms with Gasteiger partial charge in [-0.2, -0.15) is 5.10 Å². The molecule has 4 rings (SSSR count). The molecule has 0 unspecified atom stereocenters. The molecule has 1 aromatic carbocycles. The van der Waals surface area contributed by atoms with Crippen LogP contribution in [0.5, 0.6) is 0 Å². The number of aliphatic hydroxyl groups is 1. The van der Waals surface area contributed by atoms with Gasteiger partial charge >= 0.3 is 0 Å². The Kier molecular flexibility index (Phi) is 7.21. The van der Waals surface area contributed by atoms with Crippen molar-refractivity contribution in [3.63, 3.8) is 0 Å². The molecule has 34 heavy (non-hydrogen) atoms. The number of anilines is 3. The van der Waals surface area contributed by atoms with E-state index in [2.05, 4.69) is 30.7 Å². The van der Waals surface area contributed by atoms with Crippen molar-refractivity contribution in [2.24, 2.45) is 0 Å². The number of halogens is 2. The van der Waals surface area contributed by atoms with Gasteiger partial charge < -0.3 is 15.7 Å². The fourth-order valence-electron chi connectivity index (χ4n) is 3.67. The molecule has 0 atom stereocenters. The molecule has 3 aromatic heterocycles. The smallest absolute Gasteiger partial charge is 0.227 e. The van der Waals surface area contributed by atoms with Crippen LogP contribution in [0.3, 0.4) is 0 Å². The number of benzene rings is 1. The summed E-state index contributed by atoms with van der Waals surface area (Å²) in [6.45, 7) is 6.47. The Morgan fingerprint density at radius 1 is 1.09 bits per heavy atom. The quantitative estimate of drug-likeness (QED) is 0.265. The number of aryl methyl sites for hydroxylation is 2. The number of hydrogen-bond donors (Lipinski definition) is 3. The first-order valence-corrected chi connectivity index (χ1v) is 11.8. The van der Waals surface area contributed by atoms with Crippen LogP contribution in [0.15, 0.2) is 42.7 Å². The third-order valence-corrected chi connectivity index (χ3v) is 5.56. The van der Waals surface area contributed by atoms with E-state index in [0.29, 0.717) is 28.4 Å². The van der Waals surface area contributed by atoms with E-state index in [1.165, 1.54) is 0 Å². The van der Waals surface area contributed by atoms with Crippen LogP contribution in [-0.4, -0.2) is 42.0 Å². The van der Waals surface area contributed by atoms with Gasteiger partial charge in [-0.25, -0.2) is 9.97 Å². The molecule has 0 aliphatic rings. The van der Waals surface area contributed by atoms with E-state index in [0.717, 1.165) is 47.4 Å². The van der Waals surface area contributed by atoms with Crippen molar-refractivity contribution < 1.29 is 5.11 Å². The summed E-state index contributed by atoms with van der Waals surface area (Å²) >= 11 is 12.3. The average Bonchev–Trinajstić information content (AvgIpc) is 3.07. The molecule has 10 heteroatoms. The summed E-state index contributed by atoms with van der Waals surface area (Å²) in [5, 5.41) is 22.9. The number of nitrogens with zero attached hydrogens (tertiary/aromatic N) is 5. The summed E-state index contributed by atoms with van der Waals surface area (Å²) in [6.07, 6.45) is 5.19. The molecule has 0 radical (unpaired) electrons. The molecule has 0 fully saturated rings. The van der Waals surface area contributed by atoms with Gasteiger partial charge in [-0.15, -0.1) is 0 Å². The summed E-state index contributed by atoms with van der Waals surface area (Å²) < 4.78 is 1.60. The zero-order valence-corrected chi connectivity index (χ0v) is 20.8. The van der Waals surface area contributed by atoms with E-state index in [1.54, 1.807) is 30.9 Å². The molecule has 178 valence electrons. The second kappa shape index (κ2) is 10.1. The number of aromatic nitrogens is 5. The summed E-state index contributed by atoms with van der Waals surface area (Å²) in [4.78, 5) is 13.5. The second-order valence-electron chi connectivity index (χ2n) is 8.84. The highest BCUT2D eigenvalue weighted by Gasteiger charge is 2.17. The lowest BCUT2D eigenvalue weighted by molar-refractivity contribution is 0.0578. The highest BCUT2D eigenvalue weighted by atomic mass is 35.5. The minimum absolute atomic E-state index is 0.297. The highest BCUT2D eigenvalue weighted by molar-refractivity contribution is 6.32. The molecule has 4 aromatic rings. The van der Waals surface area contributed by atoms with Gasteiger partial charge in [0.25, 0.3) is 0 Å². The molecule has 3 heterocycles. The van der Waals surface area contributed by atoms with E-state index in [4.69, 9.17) is 23.2 Å². The van der Waals surface area contributed by atoms with E-state index < -0.39 is 5.60 Å². The maximum Gasteiger partial charge on any atom is 0.227 e. The highest BCUT2D eigenvalue weighted by Crippen LogP contribution is 2.25. The van der Waals surface area contributed by atoms with Gasteiger partial charge in [0.2, 0.25) is 5.95 Å². The first-order valence-electron chi connectivity index (χ1n) is 11.0. The third kappa shape index (κ3) is 6.34. The van der Waals surface area contributed by atoms with Gasteiger partial charge in [0, 0.05) is 40.2 Å². The third-order valence-electron chi connectivity index (χ3n) is 5.05. The van der Waals surface area contributed by atoms with Gasteiger partial charge in [-0.3, -0.25) is 9.67 Å². The number of rotatable bonds is 9. The Morgan fingerprint density at radius 3 is 2.71 bits per heavy atom. The minimum atomic E-state index is -0.900. The normalized spacial score (nSPS) is 11.7. The zero-order valence-electron chi connectivity index (χ0n) is 19.3. The van der Waals surface area contributed by atoms with Crippen LogP contribution in [0.2, 0.25) is 10.2 Å². The molecule has 8 nitrogen and oxygen atoms in total. The molecule has 0 saturated heterocycles. The molecule has 0 saturated carbocycles. The Morgan fingerprint density at radius 2 is 1.91 bits per heavy atom. The number of nitrogens with one attached hydrogen (secondary N) is 2. The van der Waals surface area contributed by atoms with Crippen molar-refractivity contribution in [1.29, 1.82) is 0 Å². The monoisotopic (exact) mass is 499 g/mol. The summed E-state index contributed by atoms with van der Waals surface area (Å²) in [5.74, 6) is 0.463. The van der Waals surface area contributed by atoms with Crippen LogP contribution >= 0.6 is 23.2 Å². The molecular formula is C24H27Cl2N7O. The standard InChI is InChI=1S/C24H27Cl2N7O/c1-15-11-17(5-4-9-27-19-8-10-28-20-12-16(25)6-7-18(19)20)30-23(29-15)31-21-13-33(32-22(21)26)14-24(2,3)34/h6-8,10-13,34H,4-5,9,14H2,1-3H3,(H,27,28)(H,29,30,31). The van der Waals surface area contributed by atoms with E-state index in [9.17, 15) is 5.11 Å². The van der Waals surface area contributed by atoms with Crippen molar-refractivity contribution >= 4 is 51.4 Å². The van der Waals surface area contributed by atoms with Crippen LogP contribution < -0.4 is 10.6 Å². The van der Waals surface area contributed by atoms with Crippen LogP contribution in [0.25, 0.3) is 10.9 Å². The summed E-state index contributed by atoms with van der Waals surface area (Å²) in [5.41, 5.74) is 3.38. The molecular weight excluding hydrogens is 473 g/mol. The van der Waals surface area contributed by atoms with Gasteiger partial charge in [0.05, 0.1) is 29.5 Å². The van der Waals surface area contributed by atoms with Crippen LogP contribution in [0.4, 0.5) is 17.3 Å². The van der Waals surface area contributed by atoms with E-state index in [1.807, 2.05) is 37.3 Å². The fraction of sp³-hybridized carbons (Fsp3) is 0.333. The molecule has 0 spiro atoms. The van der Waals surface area contributed by atoms with Crippen molar-refractivity contribution in [3.05, 3.63) is 64.3 Å². The Labute approximate surface area is 208 Å². The van der Waals surface area contributed by atoms with Crippen molar-refractivity contribution in [2.45, 2.75) is 45.8 Å². The minimum Gasteiger partial charge on any atom is -0.389 e. The van der Waals surface area contributed by atoms with E-state index in [-0.39, 0.29) is 0 Å². The first kappa shape index (κ1) is 24.2. The van der Waals surface area contributed by atoms with Crippen LogP contribution in [0.1, 0.15) is 31.7 Å². The summed E-state index contributed by atoms with van der Waals surface area (Å²) in [7, 11) is 0. The predicted molar refractivity (Wildman–Crippen MR) is 137 cm³/mol. The lowest BCUT2D eigenvalue weighted by atomic mass is 10.1. The fourth-order valence-corrected chi connectivity index (χ4v) is 4.02. The maximum atomic E-state index is 10.0. The zero-order chi connectivity index (χ0) is 24.3. The van der Waals surface area contributed by atoms with Crippen LogP contribution in [0, 0.1) is 6.92 Å². The lowest BCUT2D eigenvalue weighted by Gasteiger charge is -2.16. The second-order valence-corrected chi connectivity index (χ2v) is 9.64. The van der Waals surface area contributed by atoms with Gasteiger partial charge in [0.15, 0.2) is 5.15 Å². The van der Waals surface area contributed by atoms with Crippen molar-refractivity contribution in [1.82, 2.24) is 24.7 Å². The Balaban J connectivity index is 1.38. The maximum absolute atomic E-state index is 10.0. The molecule has 3 N–H and O–H groups in total. The molecule has 0 aliphatic carbocycles. The average molecular weight is 500 g/mol. The Hall–Kier alpha value is -2.94. The van der Waals surface area contributed by atoms with Gasteiger partial charge in [-0.1, -0.05) is 23.2 Å². The first-order chi connectivity index (χ1) is 16.2. The summed E-state index contributed by atoms with van der Waals surface area (Å²) in [6, 6.07) is 9.66. The molecule has 0 aliphatic heterocycles. The number of pyridine rings is 1. The number of fused-ring (bicyclic) bond motifs is 1. The van der Waals surface area contributed by atoms with Crippen LogP contribution in [-0.2, 0) is 13.0 Å². The SMILES string of the molecule is Cc1cc(CCCNc2ccnc3cc(Cl)ccc23)nc(Nc2cn(CC(C)(C)O)nc2Cl)n1. The lowest BCUT2D eigenvalue weighted by Crippen LogP contribution is -2.26. The topological polar surface area (TPSA) is 101 Å². The van der Waals surface area contributed by atoms with Crippen molar-refractivity contribution in [2.75, 3.05) is 17.2 Å². The largest absolute Gasteiger partial charge is 0.389 e. The predicted octanol–water partition coefficient (Wildman–Crippen LogP) is 5.40. The van der Waals surface area contributed by atoms with E-state index >= 15 is 0 Å². The van der Waals surface area contributed by atoms with Crippen molar-refractivity contribution in [3.8, 4) is 0 Å². The van der Waals surface area contributed by atoms with Gasteiger partial charge in [0.1, 0.15) is 0 Å². The number of hydrogen-bond acceptors (Lipinski definition) is 7. The molecule has 0 bridgehead atoms. The van der Waals surface area contributed by atoms with Gasteiger partial charge in [-0.05, 0) is 63.9 Å². The Bertz CT molecular complexity index is 1300.